The smallest absolute Gasteiger partial charge is 0.136 e. The van der Waals surface area contributed by atoms with Gasteiger partial charge in [0, 0.05) is 27.8 Å². The molecule has 0 fully saturated rings. The minimum atomic E-state index is 0.905. The zero-order valence-electron chi connectivity index (χ0n) is 28.4. The molecular weight excluding hydrogens is 631 g/mol. The standard InChI is InChI=1S/C50H33NO/c1-3-14-42-34(10-1)12-7-17-44(42)36-22-28-39(29-23-36)51(40-30-24-37(25-31-40)45-18-8-13-35-11-2-4-15-43(35)45)41-32-26-38(27-33-41)46-19-9-21-49-50(46)47-16-5-6-20-48(47)52-49/h1-33H. The van der Waals surface area contributed by atoms with Crippen molar-refractivity contribution in [1.82, 2.24) is 0 Å². The molecule has 0 spiro atoms. The summed E-state index contributed by atoms with van der Waals surface area (Å²) in [5.41, 5.74) is 12.3. The van der Waals surface area contributed by atoms with Crippen molar-refractivity contribution in [2.75, 3.05) is 4.90 Å². The van der Waals surface area contributed by atoms with Crippen LogP contribution in [-0.4, -0.2) is 0 Å². The maximum Gasteiger partial charge on any atom is 0.136 e. The number of benzene rings is 9. The Morgan fingerprint density at radius 3 is 1.21 bits per heavy atom. The fraction of sp³-hybridized carbons (Fsp3) is 0. The molecule has 10 rings (SSSR count). The Kier molecular flexibility index (Phi) is 7.18. The van der Waals surface area contributed by atoms with Gasteiger partial charge in [0.05, 0.1) is 0 Å². The number of fused-ring (bicyclic) bond motifs is 5. The van der Waals surface area contributed by atoms with Crippen molar-refractivity contribution in [2.24, 2.45) is 0 Å². The molecule has 0 unspecified atom stereocenters. The van der Waals surface area contributed by atoms with Gasteiger partial charge >= 0.3 is 0 Å². The molecule has 0 saturated carbocycles. The largest absolute Gasteiger partial charge is 0.456 e. The highest BCUT2D eigenvalue weighted by Crippen LogP contribution is 2.41. The van der Waals surface area contributed by atoms with Crippen LogP contribution in [0.15, 0.2) is 205 Å². The Morgan fingerprint density at radius 2 is 0.673 bits per heavy atom. The molecule has 2 nitrogen and oxygen atoms in total. The van der Waals surface area contributed by atoms with Crippen LogP contribution in [0.5, 0.6) is 0 Å². The molecule has 0 aliphatic carbocycles. The third-order valence-corrected chi connectivity index (χ3v) is 10.3. The molecular formula is C50H33NO. The van der Waals surface area contributed by atoms with Crippen LogP contribution in [0.2, 0.25) is 0 Å². The van der Waals surface area contributed by atoms with Gasteiger partial charge in [0.2, 0.25) is 0 Å². The van der Waals surface area contributed by atoms with Crippen molar-refractivity contribution in [1.29, 1.82) is 0 Å². The van der Waals surface area contributed by atoms with Gasteiger partial charge in [-0.1, -0.05) is 152 Å². The summed E-state index contributed by atoms with van der Waals surface area (Å²) >= 11 is 0. The van der Waals surface area contributed by atoms with Gasteiger partial charge < -0.3 is 9.32 Å². The maximum absolute atomic E-state index is 6.21. The Balaban J connectivity index is 1.07. The molecule has 52 heavy (non-hydrogen) atoms. The molecule has 9 aromatic carbocycles. The van der Waals surface area contributed by atoms with Crippen LogP contribution >= 0.6 is 0 Å². The van der Waals surface area contributed by atoms with E-state index in [2.05, 4.69) is 193 Å². The predicted molar refractivity (Wildman–Crippen MR) is 220 cm³/mol. The molecule has 0 N–H and O–H groups in total. The number of rotatable bonds is 6. The van der Waals surface area contributed by atoms with Gasteiger partial charge in [-0.2, -0.15) is 0 Å². The van der Waals surface area contributed by atoms with E-state index in [4.69, 9.17) is 4.42 Å². The highest BCUT2D eigenvalue weighted by atomic mass is 16.3. The number of anilines is 3. The molecule has 0 aliphatic rings. The van der Waals surface area contributed by atoms with E-state index >= 15 is 0 Å². The molecule has 0 aliphatic heterocycles. The Hall–Kier alpha value is -6.90. The molecule has 10 aromatic rings. The topological polar surface area (TPSA) is 16.4 Å². The Morgan fingerprint density at radius 1 is 0.288 bits per heavy atom. The molecule has 1 heterocycles. The third kappa shape index (κ3) is 5.12. The molecule has 0 amide bonds. The zero-order chi connectivity index (χ0) is 34.4. The number of nitrogens with zero attached hydrogens (tertiary/aromatic N) is 1. The second-order valence-corrected chi connectivity index (χ2v) is 13.3. The molecule has 244 valence electrons. The first-order valence-corrected chi connectivity index (χ1v) is 17.8. The molecule has 0 radical (unpaired) electrons. The minimum Gasteiger partial charge on any atom is -0.456 e. The average Bonchev–Trinajstić information content (AvgIpc) is 3.61. The monoisotopic (exact) mass is 663 g/mol. The number of hydrogen-bond donors (Lipinski definition) is 0. The van der Waals surface area contributed by atoms with Crippen LogP contribution in [-0.2, 0) is 0 Å². The van der Waals surface area contributed by atoms with Gasteiger partial charge in [-0.15, -0.1) is 0 Å². The van der Waals surface area contributed by atoms with Crippen molar-refractivity contribution in [3.05, 3.63) is 200 Å². The van der Waals surface area contributed by atoms with E-state index in [0.29, 0.717) is 0 Å². The second kappa shape index (κ2) is 12.5. The predicted octanol–water partition coefficient (Wildman–Crippen LogP) is 14.4. The van der Waals surface area contributed by atoms with Crippen molar-refractivity contribution in [3.63, 3.8) is 0 Å². The molecule has 0 bridgehead atoms. The van der Waals surface area contributed by atoms with E-state index in [1.165, 1.54) is 49.4 Å². The van der Waals surface area contributed by atoms with Gasteiger partial charge in [-0.25, -0.2) is 0 Å². The van der Waals surface area contributed by atoms with E-state index in [0.717, 1.165) is 44.6 Å². The van der Waals surface area contributed by atoms with Gasteiger partial charge in [-0.05, 0) is 103 Å². The number of hydrogen-bond acceptors (Lipinski definition) is 2. The zero-order valence-corrected chi connectivity index (χ0v) is 28.4. The van der Waals surface area contributed by atoms with Crippen molar-refractivity contribution < 1.29 is 4.42 Å². The van der Waals surface area contributed by atoms with Crippen molar-refractivity contribution in [3.8, 4) is 33.4 Å². The lowest BCUT2D eigenvalue weighted by Crippen LogP contribution is -2.09. The van der Waals surface area contributed by atoms with E-state index in [-0.39, 0.29) is 0 Å². The summed E-state index contributed by atoms with van der Waals surface area (Å²) in [6, 6.07) is 71.7. The lowest BCUT2D eigenvalue weighted by atomic mass is 9.97. The van der Waals surface area contributed by atoms with E-state index in [1.54, 1.807) is 0 Å². The first-order valence-electron chi connectivity index (χ1n) is 17.8. The van der Waals surface area contributed by atoms with Crippen LogP contribution < -0.4 is 4.90 Å². The minimum absolute atomic E-state index is 0.905. The fourth-order valence-electron chi connectivity index (χ4n) is 7.79. The average molecular weight is 664 g/mol. The number of para-hydroxylation sites is 1. The van der Waals surface area contributed by atoms with Crippen molar-refractivity contribution >= 4 is 60.5 Å². The second-order valence-electron chi connectivity index (χ2n) is 13.3. The summed E-state index contributed by atoms with van der Waals surface area (Å²) < 4.78 is 6.21. The summed E-state index contributed by atoms with van der Waals surface area (Å²) in [6.45, 7) is 0. The van der Waals surface area contributed by atoms with E-state index in [9.17, 15) is 0 Å². The summed E-state index contributed by atoms with van der Waals surface area (Å²) in [5, 5.41) is 7.30. The number of furan rings is 1. The highest BCUT2D eigenvalue weighted by Gasteiger charge is 2.16. The van der Waals surface area contributed by atoms with Crippen molar-refractivity contribution in [2.45, 2.75) is 0 Å². The molecule has 1 aromatic heterocycles. The van der Waals surface area contributed by atoms with Crippen LogP contribution in [0.3, 0.4) is 0 Å². The lowest BCUT2D eigenvalue weighted by molar-refractivity contribution is 0.669. The Labute approximate surface area is 302 Å². The summed E-state index contributed by atoms with van der Waals surface area (Å²) in [6.07, 6.45) is 0. The van der Waals surface area contributed by atoms with Crippen LogP contribution in [0.25, 0.3) is 76.9 Å². The summed E-state index contributed by atoms with van der Waals surface area (Å²) in [5.74, 6) is 0. The third-order valence-electron chi connectivity index (χ3n) is 10.3. The maximum atomic E-state index is 6.21. The lowest BCUT2D eigenvalue weighted by Gasteiger charge is -2.26. The first kappa shape index (κ1) is 30.0. The molecule has 2 heteroatoms. The van der Waals surface area contributed by atoms with Crippen LogP contribution in [0, 0.1) is 0 Å². The molecule has 0 saturated heterocycles. The van der Waals surface area contributed by atoms with Crippen LogP contribution in [0.4, 0.5) is 17.1 Å². The fourth-order valence-corrected chi connectivity index (χ4v) is 7.79. The summed E-state index contributed by atoms with van der Waals surface area (Å²) in [7, 11) is 0. The van der Waals surface area contributed by atoms with Gasteiger partial charge in [0.1, 0.15) is 11.2 Å². The highest BCUT2D eigenvalue weighted by molar-refractivity contribution is 6.12. The quantitative estimate of drug-likeness (QED) is 0.176. The molecule has 0 atom stereocenters. The van der Waals surface area contributed by atoms with E-state index < -0.39 is 0 Å². The normalized spacial score (nSPS) is 11.5. The van der Waals surface area contributed by atoms with Gasteiger partial charge in [-0.3, -0.25) is 0 Å². The van der Waals surface area contributed by atoms with Crippen LogP contribution in [0.1, 0.15) is 0 Å². The van der Waals surface area contributed by atoms with Gasteiger partial charge in [0.25, 0.3) is 0 Å². The first-order chi connectivity index (χ1) is 25.8. The summed E-state index contributed by atoms with van der Waals surface area (Å²) in [4.78, 5) is 2.34. The van der Waals surface area contributed by atoms with E-state index in [1.807, 2.05) is 12.1 Å². The Bertz CT molecular complexity index is 2750. The SMILES string of the molecule is c1ccc2c(-c3ccc(N(c4ccc(-c5cccc6ccccc56)cc4)c4ccc(-c5cccc6oc7ccccc7c56)cc4)cc3)cccc2c1. The van der Waals surface area contributed by atoms with Gasteiger partial charge in [0.15, 0.2) is 0 Å².